The van der Waals surface area contributed by atoms with Crippen LogP contribution in [0.3, 0.4) is 0 Å². The number of nitrogens with zero attached hydrogens (tertiary/aromatic N) is 1. The molecule has 0 saturated carbocycles. The summed E-state index contributed by atoms with van der Waals surface area (Å²) >= 11 is 0. The van der Waals surface area contributed by atoms with Gasteiger partial charge in [-0.05, 0) is 23.8 Å². The number of carbonyl (C=O) groups is 1. The van der Waals surface area contributed by atoms with Gasteiger partial charge in [0.05, 0.1) is 12.8 Å². The monoisotopic (exact) mass is 226 g/mol. The molecule has 0 aliphatic carbocycles. The van der Waals surface area contributed by atoms with Crippen molar-refractivity contribution in [3.8, 4) is 23.1 Å². The molecule has 0 radical (unpaired) electrons. The molecule has 0 unspecified atom stereocenters. The first-order chi connectivity index (χ1) is 8.29. The Labute approximate surface area is 98.6 Å². The summed E-state index contributed by atoms with van der Waals surface area (Å²) in [5.41, 5.74) is 2.72. The van der Waals surface area contributed by atoms with E-state index >= 15 is 0 Å². The number of esters is 1. The summed E-state index contributed by atoms with van der Waals surface area (Å²) in [7, 11) is 1.30. The van der Waals surface area contributed by atoms with E-state index in [-0.39, 0.29) is 0 Å². The number of aromatic amines is 1. The van der Waals surface area contributed by atoms with Crippen LogP contribution in [0.2, 0.25) is 0 Å². The van der Waals surface area contributed by atoms with Crippen molar-refractivity contribution < 1.29 is 9.53 Å². The Morgan fingerprint density at radius 3 is 2.65 bits per heavy atom. The van der Waals surface area contributed by atoms with Gasteiger partial charge in [-0.3, -0.25) is 5.10 Å². The molecule has 1 heterocycles. The van der Waals surface area contributed by atoms with E-state index in [4.69, 9.17) is 0 Å². The first-order valence-corrected chi connectivity index (χ1v) is 4.99. The van der Waals surface area contributed by atoms with Crippen molar-refractivity contribution in [2.24, 2.45) is 0 Å². The summed E-state index contributed by atoms with van der Waals surface area (Å²) in [6.45, 7) is 0. The van der Waals surface area contributed by atoms with E-state index in [1.54, 1.807) is 6.20 Å². The molecular formula is C13H10N2O2. The zero-order chi connectivity index (χ0) is 12.1. The Kier molecular flexibility index (Phi) is 3.22. The number of hydrogen-bond donors (Lipinski definition) is 1. The number of aromatic nitrogens is 2. The first kappa shape index (κ1) is 11.0. The van der Waals surface area contributed by atoms with Crippen LogP contribution in [-0.2, 0) is 9.53 Å². The second-order valence-electron chi connectivity index (χ2n) is 3.29. The lowest BCUT2D eigenvalue weighted by molar-refractivity contribution is -0.133. The van der Waals surface area contributed by atoms with Crippen LogP contribution in [0.5, 0.6) is 0 Å². The fourth-order valence-electron chi connectivity index (χ4n) is 1.32. The van der Waals surface area contributed by atoms with Crippen LogP contribution in [0.4, 0.5) is 0 Å². The topological polar surface area (TPSA) is 55.0 Å². The van der Waals surface area contributed by atoms with E-state index in [2.05, 4.69) is 26.8 Å². The highest BCUT2D eigenvalue weighted by molar-refractivity contribution is 5.89. The van der Waals surface area contributed by atoms with Gasteiger partial charge in [-0.2, -0.15) is 5.10 Å². The lowest BCUT2D eigenvalue weighted by Crippen LogP contribution is -1.94. The van der Waals surface area contributed by atoms with Crippen LogP contribution in [0.15, 0.2) is 36.5 Å². The van der Waals surface area contributed by atoms with Gasteiger partial charge in [0.1, 0.15) is 0 Å². The summed E-state index contributed by atoms with van der Waals surface area (Å²) in [5.74, 6) is 4.55. The third kappa shape index (κ3) is 2.73. The molecule has 0 amide bonds. The molecule has 2 rings (SSSR count). The van der Waals surface area contributed by atoms with Crippen LogP contribution < -0.4 is 0 Å². The molecule has 0 spiro atoms. The maximum atomic E-state index is 10.8. The molecule has 2 aromatic rings. The quantitative estimate of drug-likeness (QED) is 0.593. The molecule has 4 nitrogen and oxygen atoms in total. The van der Waals surface area contributed by atoms with Crippen molar-refractivity contribution in [2.75, 3.05) is 7.11 Å². The average Bonchev–Trinajstić information content (AvgIpc) is 2.90. The second-order valence-corrected chi connectivity index (χ2v) is 3.29. The number of methoxy groups -OCH3 is 1. The molecule has 0 aliphatic heterocycles. The number of rotatable bonds is 1. The molecule has 0 fully saturated rings. The minimum Gasteiger partial charge on any atom is -0.459 e. The standard InChI is InChI=1S/C13H10N2O2/c1-17-13(16)7-4-10-2-5-11(6-3-10)12-8-9-14-15-12/h2-3,5-6,8-9H,1H3,(H,14,15). The Hall–Kier alpha value is -2.54. The minimum atomic E-state index is -0.539. The van der Waals surface area contributed by atoms with Crippen LogP contribution in [0.25, 0.3) is 11.3 Å². The van der Waals surface area contributed by atoms with Gasteiger partial charge in [-0.25, -0.2) is 4.79 Å². The van der Waals surface area contributed by atoms with Crippen LogP contribution in [-0.4, -0.2) is 23.3 Å². The molecule has 17 heavy (non-hydrogen) atoms. The number of carbonyl (C=O) groups excluding carboxylic acids is 1. The molecule has 84 valence electrons. The molecule has 0 saturated heterocycles. The number of nitrogens with one attached hydrogen (secondary N) is 1. The second kappa shape index (κ2) is 4.99. The Morgan fingerprint density at radius 2 is 2.06 bits per heavy atom. The summed E-state index contributed by atoms with van der Waals surface area (Å²) in [6.07, 6.45) is 1.69. The fourth-order valence-corrected chi connectivity index (χ4v) is 1.32. The minimum absolute atomic E-state index is 0.539. The summed E-state index contributed by atoms with van der Waals surface area (Å²) < 4.78 is 4.43. The highest BCUT2D eigenvalue weighted by atomic mass is 16.5. The van der Waals surface area contributed by atoms with Crippen molar-refractivity contribution in [1.82, 2.24) is 10.2 Å². The third-order valence-electron chi connectivity index (χ3n) is 2.19. The SMILES string of the molecule is COC(=O)C#Cc1ccc(-c2ccn[nH]2)cc1. The Balaban J connectivity index is 2.18. The predicted octanol–water partition coefficient (Wildman–Crippen LogP) is 1.60. The van der Waals surface area contributed by atoms with E-state index in [1.807, 2.05) is 30.3 Å². The van der Waals surface area contributed by atoms with Crippen molar-refractivity contribution in [3.05, 3.63) is 42.1 Å². The number of H-pyrrole nitrogens is 1. The highest BCUT2D eigenvalue weighted by Gasteiger charge is 1.97. The maximum absolute atomic E-state index is 10.8. The highest BCUT2D eigenvalue weighted by Crippen LogP contribution is 2.15. The van der Waals surface area contributed by atoms with Gasteiger partial charge >= 0.3 is 5.97 Å². The maximum Gasteiger partial charge on any atom is 0.384 e. The molecule has 1 N–H and O–H groups in total. The van der Waals surface area contributed by atoms with Gasteiger partial charge in [0, 0.05) is 17.7 Å². The predicted molar refractivity (Wildman–Crippen MR) is 62.9 cm³/mol. The van der Waals surface area contributed by atoms with Crippen LogP contribution in [0.1, 0.15) is 5.56 Å². The van der Waals surface area contributed by atoms with Crippen LogP contribution in [0, 0.1) is 11.8 Å². The van der Waals surface area contributed by atoms with E-state index in [0.717, 1.165) is 16.8 Å². The van der Waals surface area contributed by atoms with Crippen molar-refractivity contribution in [2.45, 2.75) is 0 Å². The van der Waals surface area contributed by atoms with E-state index in [9.17, 15) is 4.79 Å². The Morgan fingerprint density at radius 1 is 1.29 bits per heavy atom. The molecule has 0 aliphatic rings. The smallest absolute Gasteiger partial charge is 0.384 e. The normalized spacial score (nSPS) is 9.24. The zero-order valence-corrected chi connectivity index (χ0v) is 9.23. The third-order valence-corrected chi connectivity index (χ3v) is 2.19. The van der Waals surface area contributed by atoms with E-state index in [1.165, 1.54) is 7.11 Å². The average molecular weight is 226 g/mol. The van der Waals surface area contributed by atoms with Gasteiger partial charge in [-0.15, -0.1) is 0 Å². The fraction of sp³-hybridized carbons (Fsp3) is 0.0769. The van der Waals surface area contributed by atoms with E-state index < -0.39 is 5.97 Å². The number of ether oxygens (including phenoxy) is 1. The summed E-state index contributed by atoms with van der Waals surface area (Å²) in [4.78, 5) is 10.8. The van der Waals surface area contributed by atoms with Gasteiger partial charge < -0.3 is 4.74 Å². The molecule has 0 atom stereocenters. The lowest BCUT2D eigenvalue weighted by atomic mass is 10.1. The summed E-state index contributed by atoms with van der Waals surface area (Å²) in [5, 5.41) is 6.75. The number of benzene rings is 1. The molecule has 4 heteroatoms. The van der Waals surface area contributed by atoms with Crippen molar-refractivity contribution >= 4 is 5.97 Å². The van der Waals surface area contributed by atoms with Gasteiger partial charge in [0.2, 0.25) is 0 Å². The number of hydrogen-bond acceptors (Lipinski definition) is 3. The summed E-state index contributed by atoms with van der Waals surface area (Å²) in [6, 6.07) is 9.39. The largest absolute Gasteiger partial charge is 0.459 e. The van der Waals surface area contributed by atoms with Crippen LogP contribution >= 0.6 is 0 Å². The van der Waals surface area contributed by atoms with E-state index in [0.29, 0.717) is 0 Å². The Bertz CT molecular complexity index is 560. The molecule has 1 aromatic heterocycles. The van der Waals surface area contributed by atoms with Gasteiger partial charge in [0.15, 0.2) is 0 Å². The van der Waals surface area contributed by atoms with Crippen molar-refractivity contribution in [1.29, 1.82) is 0 Å². The molecule has 1 aromatic carbocycles. The van der Waals surface area contributed by atoms with Gasteiger partial charge in [0.25, 0.3) is 0 Å². The molecular weight excluding hydrogens is 216 g/mol. The lowest BCUT2D eigenvalue weighted by Gasteiger charge is -1.96. The molecule has 0 bridgehead atoms. The first-order valence-electron chi connectivity index (χ1n) is 4.99. The van der Waals surface area contributed by atoms with Crippen molar-refractivity contribution in [3.63, 3.8) is 0 Å². The zero-order valence-electron chi connectivity index (χ0n) is 9.23. The van der Waals surface area contributed by atoms with Gasteiger partial charge in [-0.1, -0.05) is 18.1 Å².